The molecule has 1 aliphatic carbocycles. The van der Waals surface area contributed by atoms with Gasteiger partial charge in [-0.3, -0.25) is 0 Å². The molecule has 1 aromatic carbocycles. The molecular formula is C13H19ClN2O2S. The summed E-state index contributed by atoms with van der Waals surface area (Å²) >= 11 is 6.04. The monoisotopic (exact) mass is 302 g/mol. The van der Waals surface area contributed by atoms with E-state index in [2.05, 4.69) is 5.32 Å². The SMILES string of the molecule is CN(Cc1ccccc1Cl)S(=O)(=O)CCNC1CC1. The van der Waals surface area contributed by atoms with Crippen LogP contribution in [0.5, 0.6) is 0 Å². The molecule has 2 rings (SSSR count). The van der Waals surface area contributed by atoms with Crippen LogP contribution in [-0.4, -0.2) is 38.1 Å². The van der Waals surface area contributed by atoms with E-state index >= 15 is 0 Å². The third-order valence-electron chi connectivity index (χ3n) is 3.20. The van der Waals surface area contributed by atoms with Crippen molar-refractivity contribution in [1.29, 1.82) is 0 Å². The Morgan fingerprint density at radius 3 is 2.68 bits per heavy atom. The lowest BCUT2D eigenvalue weighted by Crippen LogP contribution is -2.34. The summed E-state index contributed by atoms with van der Waals surface area (Å²) in [7, 11) is -1.64. The quantitative estimate of drug-likeness (QED) is 0.836. The summed E-state index contributed by atoms with van der Waals surface area (Å²) in [5.74, 6) is 0.129. The fourth-order valence-corrected chi connectivity index (χ4v) is 3.02. The minimum atomic E-state index is -3.23. The van der Waals surface area contributed by atoms with E-state index in [0.29, 0.717) is 24.2 Å². The van der Waals surface area contributed by atoms with Crippen LogP contribution < -0.4 is 5.32 Å². The van der Waals surface area contributed by atoms with Gasteiger partial charge in [0.2, 0.25) is 10.0 Å². The van der Waals surface area contributed by atoms with Gasteiger partial charge in [-0.05, 0) is 24.5 Å². The third-order valence-corrected chi connectivity index (χ3v) is 5.36. The molecule has 1 fully saturated rings. The van der Waals surface area contributed by atoms with Crippen molar-refractivity contribution < 1.29 is 8.42 Å². The molecule has 0 bridgehead atoms. The molecule has 0 atom stereocenters. The van der Waals surface area contributed by atoms with E-state index < -0.39 is 10.0 Å². The molecule has 0 saturated heterocycles. The molecule has 0 amide bonds. The van der Waals surface area contributed by atoms with Crippen molar-refractivity contribution >= 4 is 21.6 Å². The average molecular weight is 303 g/mol. The molecule has 19 heavy (non-hydrogen) atoms. The van der Waals surface area contributed by atoms with Crippen molar-refractivity contribution in [2.75, 3.05) is 19.3 Å². The maximum absolute atomic E-state index is 12.1. The van der Waals surface area contributed by atoms with Gasteiger partial charge in [-0.15, -0.1) is 0 Å². The average Bonchev–Trinajstić information content (AvgIpc) is 3.16. The standard InChI is InChI=1S/C13H19ClN2O2S/c1-16(10-11-4-2-3-5-13(11)14)19(17,18)9-8-15-12-6-7-12/h2-5,12,15H,6-10H2,1H3. The van der Waals surface area contributed by atoms with Crippen LogP contribution in [0.2, 0.25) is 5.02 Å². The summed E-state index contributed by atoms with van der Waals surface area (Å²) in [6, 6.07) is 7.84. The van der Waals surface area contributed by atoms with E-state index in [1.165, 1.54) is 4.31 Å². The Morgan fingerprint density at radius 2 is 2.05 bits per heavy atom. The van der Waals surface area contributed by atoms with Crippen molar-refractivity contribution in [3.05, 3.63) is 34.9 Å². The molecule has 0 heterocycles. The molecule has 106 valence electrons. The largest absolute Gasteiger partial charge is 0.313 e. The molecule has 6 heteroatoms. The second-order valence-electron chi connectivity index (χ2n) is 4.89. The van der Waals surface area contributed by atoms with Gasteiger partial charge in [-0.2, -0.15) is 0 Å². The van der Waals surface area contributed by atoms with Crippen molar-refractivity contribution in [2.24, 2.45) is 0 Å². The Bertz CT molecular complexity index is 529. The maximum Gasteiger partial charge on any atom is 0.215 e. The molecule has 0 radical (unpaired) electrons. The van der Waals surface area contributed by atoms with Crippen molar-refractivity contribution in [2.45, 2.75) is 25.4 Å². The fraction of sp³-hybridized carbons (Fsp3) is 0.538. The molecule has 1 saturated carbocycles. The van der Waals surface area contributed by atoms with Gasteiger partial charge >= 0.3 is 0 Å². The lowest BCUT2D eigenvalue weighted by atomic mass is 10.2. The number of sulfonamides is 1. The van der Waals surface area contributed by atoms with Crippen molar-refractivity contribution in [1.82, 2.24) is 9.62 Å². The Hall–Kier alpha value is -0.620. The summed E-state index contributed by atoms with van der Waals surface area (Å²) in [4.78, 5) is 0. The number of hydrogen-bond acceptors (Lipinski definition) is 3. The number of hydrogen-bond donors (Lipinski definition) is 1. The first-order valence-electron chi connectivity index (χ1n) is 6.40. The summed E-state index contributed by atoms with van der Waals surface area (Å²) in [6.45, 7) is 0.825. The number of rotatable bonds is 7. The van der Waals surface area contributed by atoms with Gasteiger partial charge in [0.1, 0.15) is 0 Å². The highest BCUT2D eigenvalue weighted by molar-refractivity contribution is 7.89. The molecule has 1 aromatic rings. The molecule has 0 spiro atoms. The van der Waals surface area contributed by atoms with Crippen LogP contribution in [0.4, 0.5) is 0 Å². The molecule has 0 aliphatic heterocycles. The Morgan fingerprint density at radius 1 is 1.37 bits per heavy atom. The smallest absolute Gasteiger partial charge is 0.215 e. The maximum atomic E-state index is 12.1. The van der Waals surface area contributed by atoms with Gasteiger partial charge in [-0.25, -0.2) is 12.7 Å². The van der Waals surface area contributed by atoms with Crippen LogP contribution >= 0.6 is 11.6 Å². The van der Waals surface area contributed by atoms with Crippen molar-refractivity contribution in [3.8, 4) is 0 Å². The first-order chi connectivity index (χ1) is 8.99. The fourth-order valence-electron chi connectivity index (χ4n) is 1.80. The summed E-state index contributed by atoms with van der Waals surface area (Å²) in [5, 5.41) is 3.81. The summed E-state index contributed by atoms with van der Waals surface area (Å²) in [6.07, 6.45) is 2.32. The number of benzene rings is 1. The van der Waals surface area contributed by atoms with Crippen LogP contribution in [0, 0.1) is 0 Å². The van der Waals surface area contributed by atoms with E-state index in [1.807, 2.05) is 18.2 Å². The molecule has 1 aliphatic rings. The van der Waals surface area contributed by atoms with Gasteiger partial charge in [-0.1, -0.05) is 29.8 Å². The zero-order valence-corrected chi connectivity index (χ0v) is 12.5. The predicted molar refractivity (Wildman–Crippen MR) is 77.7 cm³/mol. The zero-order valence-electron chi connectivity index (χ0n) is 11.0. The van der Waals surface area contributed by atoms with E-state index in [-0.39, 0.29) is 5.75 Å². The van der Waals surface area contributed by atoms with Crippen LogP contribution in [0.1, 0.15) is 18.4 Å². The minimum Gasteiger partial charge on any atom is -0.313 e. The highest BCUT2D eigenvalue weighted by atomic mass is 35.5. The Labute approximate surface area is 119 Å². The molecular weight excluding hydrogens is 284 g/mol. The summed E-state index contributed by atoms with van der Waals surface area (Å²) in [5.41, 5.74) is 0.824. The van der Waals surface area contributed by atoms with Gasteiger partial charge < -0.3 is 5.32 Å². The van der Waals surface area contributed by atoms with Crippen LogP contribution in [-0.2, 0) is 16.6 Å². The first kappa shape index (κ1) is 14.8. The number of halogens is 1. The van der Waals surface area contributed by atoms with E-state index in [0.717, 1.165) is 18.4 Å². The topological polar surface area (TPSA) is 49.4 Å². The van der Waals surface area contributed by atoms with E-state index in [1.54, 1.807) is 13.1 Å². The van der Waals surface area contributed by atoms with E-state index in [9.17, 15) is 8.42 Å². The molecule has 1 N–H and O–H groups in total. The second kappa shape index (κ2) is 6.22. The Balaban J connectivity index is 1.89. The van der Waals surface area contributed by atoms with Crippen LogP contribution in [0.25, 0.3) is 0 Å². The molecule has 4 nitrogen and oxygen atoms in total. The third kappa shape index (κ3) is 4.45. The van der Waals surface area contributed by atoms with Crippen molar-refractivity contribution in [3.63, 3.8) is 0 Å². The lowest BCUT2D eigenvalue weighted by molar-refractivity contribution is 0.465. The van der Waals surface area contributed by atoms with Crippen LogP contribution in [0.15, 0.2) is 24.3 Å². The highest BCUT2D eigenvalue weighted by Crippen LogP contribution is 2.19. The second-order valence-corrected chi connectivity index (χ2v) is 7.49. The van der Waals surface area contributed by atoms with Gasteiger partial charge in [0.15, 0.2) is 0 Å². The summed E-state index contributed by atoms with van der Waals surface area (Å²) < 4.78 is 25.5. The highest BCUT2D eigenvalue weighted by Gasteiger charge is 2.23. The lowest BCUT2D eigenvalue weighted by Gasteiger charge is -2.18. The first-order valence-corrected chi connectivity index (χ1v) is 8.38. The molecule has 0 aromatic heterocycles. The van der Waals surface area contributed by atoms with Gasteiger partial charge in [0.05, 0.1) is 5.75 Å². The number of nitrogens with one attached hydrogen (secondary N) is 1. The van der Waals surface area contributed by atoms with E-state index in [4.69, 9.17) is 11.6 Å². The molecule has 0 unspecified atom stereocenters. The number of nitrogens with zero attached hydrogens (tertiary/aromatic N) is 1. The van der Waals surface area contributed by atoms with Gasteiger partial charge in [0.25, 0.3) is 0 Å². The van der Waals surface area contributed by atoms with Gasteiger partial charge in [0, 0.05) is 31.2 Å². The van der Waals surface area contributed by atoms with Crippen LogP contribution in [0.3, 0.4) is 0 Å². The normalized spacial score (nSPS) is 15.9. The minimum absolute atomic E-state index is 0.129. The Kier molecular flexibility index (Phi) is 4.84. The predicted octanol–water partition coefficient (Wildman–Crippen LogP) is 1.85. The zero-order chi connectivity index (χ0) is 13.9.